The number of fused-ring (bicyclic) bond motifs is 3. The van der Waals surface area contributed by atoms with Gasteiger partial charge in [-0.3, -0.25) is 10.1 Å². The quantitative estimate of drug-likeness (QED) is 0.447. The van der Waals surface area contributed by atoms with E-state index in [0.717, 1.165) is 23.4 Å². The van der Waals surface area contributed by atoms with Crippen LogP contribution in [-0.4, -0.2) is 12.0 Å². The molecule has 6 heteroatoms. The van der Waals surface area contributed by atoms with Gasteiger partial charge < -0.3 is 10.1 Å². The standard InChI is InChI=1S/C20H19ClN2O3/c1-11-6-9-17(26-2)20-18(11)13-4-3-5-14(13)19(22-20)12-7-8-15(21)16(10-12)23(24)25/h3-4,6-10,13-14,19,22H,5H2,1-2H3/t13-,14-,19-/m1/s1. The van der Waals surface area contributed by atoms with E-state index in [9.17, 15) is 10.1 Å². The van der Waals surface area contributed by atoms with E-state index in [-0.39, 0.29) is 22.7 Å². The average Bonchev–Trinajstić information content (AvgIpc) is 3.11. The average molecular weight is 371 g/mol. The molecule has 26 heavy (non-hydrogen) atoms. The van der Waals surface area contributed by atoms with Crippen molar-refractivity contribution in [1.29, 1.82) is 0 Å². The molecule has 5 nitrogen and oxygen atoms in total. The maximum absolute atomic E-state index is 11.3. The lowest BCUT2D eigenvalue weighted by molar-refractivity contribution is -0.384. The molecule has 1 aliphatic carbocycles. The first-order valence-electron chi connectivity index (χ1n) is 8.55. The fourth-order valence-corrected chi connectivity index (χ4v) is 4.42. The van der Waals surface area contributed by atoms with Gasteiger partial charge in [-0.25, -0.2) is 0 Å². The summed E-state index contributed by atoms with van der Waals surface area (Å²) in [5.74, 6) is 1.35. The summed E-state index contributed by atoms with van der Waals surface area (Å²) in [5.41, 5.74) is 4.26. The molecule has 1 N–H and O–H groups in total. The van der Waals surface area contributed by atoms with E-state index in [1.54, 1.807) is 19.2 Å². The molecular weight excluding hydrogens is 352 g/mol. The van der Waals surface area contributed by atoms with Crippen molar-refractivity contribution in [3.63, 3.8) is 0 Å². The Balaban J connectivity index is 1.84. The molecule has 0 amide bonds. The Morgan fingerprint density at radius 1 is 1.31 bits per heavy atom. The summed E-state index contributed by atoms with van der Waals surface area (Å²) in [4.78, 5) is 10.9. The minimum atomic E-state index is -0.433. The van der Waals surface area contributed by atoms with Crippen molar-refractivity contribution in [3.05, 3.63) is 74.3 Å². The minimum Gasteiger partial charge on any atom is -0.495 e. The predicted molar refractivity (Wildman–Crippen MR) is 102 cm³/mol. The monoisotopic (exact) mass is 370 g/mol. The Morgan fingerprint density at radius 3 is 2.85 bits per heavy atom. The lowest BCUT2D eigenvalue weighted by atomic mass is 9.75. The number of nitro groups is 1. The SMILES string of the molecule is COc1ccc(C)c2c1N[C@H](c1ccc(Cl)c([N+](=O)[O-])c1)[C@@H]1CC=C[C@@H]21. The summed E-state index contributed by atoms with van der Waals surface area (Å²) in [6.07, 6.45) is 5.37. The summed E-state index contributed by atoms with van der Waals surface area (Å²) in [6, 6.07) is 9.06. The number of nitrogens with one attached hydrogen (secondary N) is 1. The van der Waals surface area contributed by atoms with Crippen LogP contribution in [-0.2, 0) is 0 Å². The first-order valence-corrected chi connectivity index (χ1v) is 8.93. The summed E-state index contributed by atoms with van der Waals surface area (Å²) < 4.78 is 5.57. The van der Waals surface area contributed by atoms with Crippen LogP contribution >= 0.6 is 11.6 Å². The molecular formula is C20H19ClN2O3. The number of rotatable bonds is 3. The van der Waals surface area contributed by atoms with Crippen molar-refractivity contribution in [2.24, 2.45) is 5.92 Å². The van der Waals surface area contributed by atoms with E-state index in [1.165, 1.54) is 11.1 Å². The van der Waals surface area contributed by atoms with Gasteiger partial charge in [0, 0.05) is 12.0 Å². The number of ether oxygens (including phenoxy) is 1. The molecule has 1 aliphatic heterocycles. The van der Waals surface area contributed by atoms with Crippen molar-refractivity contribution in [1.82, 2.24) is 0 Å². The molecule has 3 atom stereocenters. The van der Waals surface area contributed by atoms with Gasteiger partial charge in [0.1, 0.15) is 10.8 Å². The topological polar surface area (TPSA) is 64.4 Å². The normalized spacial score (nSPS) is 23.1. The second-order valence-electron chi connectivity index (χ2n) is 6.82. The maximum Gasteiger partial charge on any atom is 0.288 e. The summed E-state index contributed by atoms with van der Waals surface area (Å²) >= 11 is 6.00. The molecule has 2 aromatic rings. The molecule has 0 fully saturated rings. The molecule has 0 radical (unpaired) electrons. The van der Waals surface area contributed by atoms with Crippen LogP contribution in [0.3, 0.4) is 0 Å². The number of nitro benzene ring substituents is 1. The third-order valence-electron chi connectivity index (χ3n) is 5.45. The van der Waals surface area contributed by atoms with Gasteiger partial charge in [0.2, 0.25) is 0 Å². The number of allylic oxidation sites excluding steroid dienone is 2. The van der Waals surface area contributed by atoms with Crippen LogP contribution in [0.4, 0.5) is 11.4 Å². The van der Waals surface area contributed by atoms with Gasteiger partial charge in [0.25, 0.3) is 5.69 Å². The second-order valence-corrected chi connectivity index (χ2v) is 7.22. The largest absolute Gasteiger partial charge is 0.495 e. The Hall–Kier alpha value is -2.53. The van der Waals surface area contributed by atoms with E-state index in [0.29, 0.717) is 5.92 Å². The van der Waals surface area contributed by atoms with Crippen LogP contribution in [0.15, 0.2) is 42.5 Å². The number of hydrogen-bond acceptors (Lipinski definition) is 4. The minimum absolute atomic E-state index is 0.0471. The van der Waals surface area contributed by atoms with Crippen molar-refractivity contribution in [2.45, 2.75) is 25.3 Å². The summed E-state index contributed by atoms with van der Waals surface area (Å²) in [7, 11) is 1.66. The number of nitrogens with zero attached hydrogens (tertiary/aromatic N) is 1. The zero-order chi connectivity index (χ0) is 18.4. The van der Waals surface area contributed by atoms with Crippen molar-refractivity contribution in [2.75, 3.05) is 12.4 Å². The summed E-state index contributed by atoms with van der Waals surface area (Å²) in [5, 5.41) is 15.1. The second kappa shape index (κ2) is 6.32. The molecule has 134 valence electrons. The lowest BCUT2D eigenvalue weighted by Crippen LogP contribution is -2.30. The fourth-order valence-electron chi connectivity index (χ4n) is 4.23. The Bertz CT molecular complexity index is 926. The van der Waals surface area contributed by atoms with E-state index in [2.05, 4.69) is 30.5 Å². The highest BCUT2D eigenvalue weighted by Gasteiger charge is 2.40. The molecule has 4 rings (SSSR count). The zero-order valence-electron chi connectivity index (χ0n) is 14.5. The molecule has 2 aromatic carbocycles. The van der Waals surface area contributed by atoms with Crippen LogP contribution in [0.5, 0.6) is 5.75 Å². The van der Waals surface area contributed by atoms with Crippen LogP contribution in [0.25, 0.3) is 0 Å². The van der Waals surface area contributed by atoms with Gasteiger partial charge in [-0.2, -0.15) is 0 Å². The Labute approximate surface area is 156 Å². The van der Waals surface area contributed by atoms with Gasteiger partial charge in [0.05, 0.1) is 23.8 Å². The molecule has 2 aliphatic rings. The number of aryl methyl sites for hydroxylation is 1. The van der Waals surface area contributed by atoms with E-state index >= 15 is 0 Å². The fraction of sp³-hybridized carbons (Fsp3) is 0.300. The number of halogens is 1. The van der Waals surface area contributed by atoms with Crippen LogP contribution < -0.4 is 10.1 Å². The number of methoxy groups -OCH3 is 1. The highest BCUT2D eigenvalue weighted by molar-refractivity contribution is 6.32. The maximum atomic E-state index is 11.3. The van der Waals surface area contributed by atoms with E-state index in [4.69, 9.17) is 16.3 Å². The number of anilines is 1. The van der Waals surface area contributed by atoms with Crippen LogP contribution in [0.2, 0.25) is 5.02 Å². The number of hydrogen-bond donors (Lipinski definition) is 1. The smallest absolute Gasteiger partial charge is 0.288 e. The van der Waals surface area contributed by atoms with Crippen LogP contribution in [0, 0.1) is 23.0 Å². The van der Waals surface area contributed by atoms with Gasteiger partial charge in [-0.15, -0.1) is 0 Å². The van der Waals surface area contributed by atoms with Gasteiger partial charge in [-0.05, 0) is 48.1 Å². The molecule has 1 heterocycles. The molecule has 0 unspecified atom stereocenters. The van der Waals surface area contributed by atoms with Crippen molar-refractivity contribution >= 4 is 23.0 Å². The Morgan fingerprint density at radius 2 is 2.12 bits per heavy atom. The predicted octanol–water partition coefficient (Wildman–Crippen LogP) is 5.39. The van der Waals surface area contributed by atoms with Crippen molar-refractivity contribution in [3.8, 4) is 5.75 Å². The highest BCUT2D eigenvalue weighted by Crippen LogP contribution is 2.53. The molecule has 0 aromatic heterocycles. The van der Waals surface area contributed by atoms with Gasteiger partial charge in [0.15, 0.2) is 0 Å². The van der Waals surface area contributed by atoms with Crippen LogP contribution in [0.1, 0.15) is 35.1 Å². The Kier molecular flexibility index (Phi) is 4.11. The van der Waals surface area contributed by atoms with E-state index < -0.39 is 4.92 Å². The number of benzene rings is 2. The van der Waals surface area contributed by atoms with Crippen molar-refractivity contribution < 1.29 is 9.66 Å². The third kappa shape index (κ3) is 2.54. The molecule has 0 spiro atoms. The van der Waals surface area contributed by atoms with E-state index in [1.807, 2.05) is 12.1 Å². The molecule has 0 bridgehead atoms. The summed E-state index contributed by atoms with van der Waals surface area (Å²) in [6.45, 7) is 2.11. The molecule has 0 saturated carbocycles. The molecule has 0 saturated heterocycles. The van der Waals surface area contributed by atoms with Gasteiger partial charge >= 0.3 is 0 Å². The lowest BCUT2D eigenvalue weighted by Gasteiger charge is -2.39. The zero-order valence-corrected chi connectivity index (χ0v) is 15.3. The first-order chi connectivity index (χ1) is 12.5. The highest BCUT2D eigenvalue weighted by atomic mass is 35.5. The third-order valence-corrected chi connectivity index (χ3v) is 5.77. The first kappa shape index (κ1) is 16.9. The van der Waals surface area contributed by atoms with Gasteiger partial charge in [-0.1, -0.05) is 35.9 Å².